The maximum absolute atomic E-state index is 11.6. The molecule has 0 N–H and O–H groups in total. The van der Waals surface area contributed by atoms with Gasteiger partial charge < -0.3 is 4.74 Å². The summed E-state index contributed by atoms with van der Waals surface area (Å²) in [5, 5.41) is 0. The zero-order chi connectivity index (χ0) is 10.2. The fraction of sp³-hybridized carbons (Fsp3) is 0.400. The second-order valence-corrected chi connectivity index (χ2v) is 5.47. The lowest BCUT2D eigenvalue weighted by Gasteiger charge is -2.05. The molecule has 1 aliphatic heterocycles. The van der Waals surface area contributed by atoms with Gasteiger partial charge in [-0.3, -0.25) is 0 Å². The molecule has 0 aliphatic carbocycles. The van der Waals surface area contributed by atoms with Gasteiger partial charge in [0, 0.05) is 7.11 Å². The Labute approximate surface area is 83.6 Å². The van der Waals surface area contributed by atoms with E-state index in [9.17, 15) is 8.42 Å². The van der Waals surface area contributed by atoms with Crippen molar-refractivity contribution in [3.8, 4) is 0 Å². The van der Waals surface area contributed by atoms with Gasteiger partial charge >= 0.3 is 0 Å². The zero-order valence-electron chi connectivity index (χ0n) is 7.99. The van der Waals surface area contributed by atoms with Gasteiger partial charge in [0.25, 0.3) is 0 Å². The molecule has 14 heavy (non-hydrogen) atoms. The van der Waals surface area contributed by atoms with Crippen molar-refractivity contribution in [3.63, 3.8) is 0 Å². The summed E-state index contributed by atoms with van der Waals surface area (Å²) < 4.78 is 28.2. The lowest BCUT2D eigenvalue weighted by Crippen LogP contribution is -1.98. The highest BCUT2D eigenvalue weighted by Gasteiger charge is 2.27. The Hall–Kier alpha value is -0.870. The van der Waals surface area contributed by atoms with Crippen LogP contribution in [0.25, 0.3) is 0 Å². The lowest BCUT2D eigenvalue weighted by atomic mass is 10.1. The smallest absolute Gasteiger partial charge is 0.178 e. The molecule has 2 rings (SSSR count). The van der Waals surface area contributed by atoms with Crippen LogP contribution in [0.2, 0.25) is 0 Å². The van der Waals surface area contributed by atoms with E-state index >= 15 is 0 Å². The van der Waals surface area contributed by atoms with E-state index in [1.54, 1.807) is 19.2 Å². The first-order chi connectivity index (χ1) is 6.65. The third-order valence-electron chi connectivity index (χ3n) is 2.49. The molecule has 0 radical (unpaired) electrons. The summed E-state index contributed by atoms with van der Waals surface area (Å²) in [6.45, 7) is 0.485. The Morgan fingerprint density at radius 2 is 2.21 bits per heavy atom. The molecule has 0 spiro atoms. The number of sulfone groups is 1. The molecular formula is C10H12O3S. The van der Waals surface area contributed by atoms with Crippen molar-refractivity contribution in [2.45, 2.75) is 17.9 Å². The molecule has 0 aromatic heterocycles. The van der Waals surface area contributed by atoms with Gasteiger partial charge in [0.15, 0.2) is 9.84 Å². The zero-order valence-corrected chi connectivity index (χ0v) is 8.80. The first kappa shape index (κ1) is 9.68. The highest BCUT2D eigenvalue weighted by molar-refractivity contribution is 7.91. The second kappa shape index (κ2) is 3.37. The topological polar surface area (TPSA) is 43.4 Å². The lowest BCUT2D eigenvalue weighted by molar-refractivity contribution is 0.184. The van der Waals surface area contributed by atoms with Crippen LogP contribution in [0.4, 0.5) is 0 Å². The number of fused-ring (bicyclic) bond motifs is 1. The molecule has 1 heterocycles. The van der Waals surface area contributed by atoms with E-state index < -0.39 is 9.84 Å². The van der Waals surface area contributed by atoms with E-state index in [2.05, 4.69) is 0 Å². The van der Waals surface area contributed by atoms with Crippen LogP contribution in [-0.4, -0.2) is 21.3 Å². The summed E-state index contributed by atoms with van der Waals surface area (Å²) in [5.74, 6) is 0.239. The van der Waals surface area contributed by atoms with E-state index in [0.717, 1.165) is 11.1 Å². The number of ether oxygens (including phenoxy) is 1. The summed E-state index contributed by atoms with van der Waals surface area (Å²) in [6, 6.07) is 5.37. The first-order valence-electron chi connectivity index (χ1n) is 4.47. The molecule has 1 aromatic carbocycles. The van der Waals surface area contributed by atoms with E-state index in [1.807, 2.05) is 6.07 Å². The Morgan fingerprint density at radius 3 is 2.93 bits per heavy atom. The maximum atomic E-state index is 11.6. The van der Waals surface area contributed by atoms with Crippen LogP contribution in [0, 0.1) is 0 Å². The van der Waals surface area contributed by atoms with Crippen LogP contribution in [0.3, 0.4) is 0 Å². The Balaban J connectivity index is 2.56. The van der Waals surface area contributed by atoms with Crippen molar-refractivity contribution in [2.75, 3.05) is 12.9 Å². The van der Waals surface area contributed by atoms with Crippen molar-refractivity contribution < 1.29 is 13.2 Å². The van der Waals surface area contributed by atoms with Crippen molar-refractivity contribution in [1.29, 1.82) is 0 Å². The number of rotatable bonds is 2. The first-order valence-corrected chi connectivity index (χ1v) is 6.13. The van der Waals surface area contributed by atoms with Crippen LogP contribution in [0.15, 0.2) is 23.1 Å². The standard InChI is InChI=1S/C10H12O3S/c1-13-7-8-3-2-4-10-9(8)5-6-14(10,11)12/h2-4H,5-7H2,1H3. The molecule has 3 nitrogen and oxygen atoms in total. The van der Waals surface area contributed by atoms with Crippen LogP contribution < -0.4 is 0 Å². The molecule has 4 heteroatoms. The fourth-order valence-corrected chi connectivity index (χ4v) is 3.41. The predicted octanol–water partition coefficient (Wildman–Crippen LogP) is 1.16. The minimum atomic E-state index is -3.00. The van der Waals surface area contributed by atoms with E-state index in [-0.39, 0.29) is 5.75 Å². The Kier molecular flexibility index (Phi) is 2.33. The van der Waals surface area contributed by atoms with Gasteiger partial charge in [-0.2, -0.15) is 0 Å². The molecule has 0 fully saturated rings. The molecular weight excluding hydrogens is 200 g/mol. The largest absolute Gasteiger partial charge is 0.380 e. The van der Waals surface area contributed by atoms with Gasteiger partial charge in [0.05, 0.1) is 17.3 Å². The number of hydrogen-bond donors (Lipinski definition) is 0. The highest BCUT2D eigenvalue weighted by atomic mass is 32.2. The minimum absolute atomic E-state index is 0.239. The Morgan fingerprint density at radius 1 is 1.43 bits per heavy atom. The SMILES string of the molecule is COCc1cccc2c1CCS2(=O)=O. The van der Waals surface area contributed by atoms with E-state index in [1.165, 1.54) is 0 Å². The van der Waals surface area contributed by atoms with Gasteiger partial charge in [0.2, 0.25) is 0 Å². The summed E-state index contributed by atoms with van der Waals surface area (Å²) in [6.07, 6.45) is 0.622. The van der Waals surface area contributed by atoms with Crippen LogP contribution in [0.1, 0.15) is 11.1 Å². The maximum Gasteiger partial charge on any atom is 0.178 e. The highest BCUT2D eigenvalue weighted by Crippen LogP contribution is 2.28. The van der Waals surface area contributed by atoms with E-state index in [4.69, 9.17) is 4.74 Å². The monoisotopic (exact) mass is 212 g/mol. The molecule has 1 aromatic rings. The van der Waals surface area contributed by atoms with Crippen LogP contribution in [0.5, 0.6) is 0 Å². The normalized spacial score (nSPS) is 18.1. The van der Waals surface area contributed by atoms with Crippen molar-refractivity contribution >= 4 is 9.84 Å². The summed E-state index contributed by atoms with van der Waals surface area (Å²) in [4.78, 5) is 0.493. The third-order valence-corrected chi connectivity index (χ3v) is 4.28. The van der Waals surface area contributed by atoms with Gasteiger partial charge in [-0.1, -0.05) is 12.1 Å². The Bertz CT molecular complexity index is 448. The average molecular weight is 212 g/mol. The second-order valence-electron chi connectivity index (χ2n) is 3.40. The number of benzene rings is 1. The van der Waals surface area contributed by atoms with Gasteiger partial charge in [-0.05, 0) is 23.6 Å². The van der Waals surface area contributed by atoms with Gasteiger partial charge in [-0.15, -0.1) is 0 Å². The molecule has 1 aliphatic rings. The quantitative estimate of drug-likeness (QED) is 0.739. The van der Waals surface area contributed by atoms with Crippen LogP contribution >= 0.6 is 0 Å². The summed E-state index contributed by atoms with van der Waals surface area (Å²) in [5.41, 5.74) is 1.93. The van der Waals surface area contributed by atoms with E-state index in [0.29, 0.717) is 17.9 Å². The van der Waals surface area contributed by atoms with Crippen molar-refractivity contribution in [3.05, 3.63) is 29.3 Å². The molecule has 0 atom stereocenters. The van der Waals surface area contributed by atoms with Gasteiger partial charge in [-0.25, -0.2) is 8.42 Å². The third kappa shape index (κ3) is 1.44. The van der Waals surface area contributed by atoms with Gasteiger partial charge in [0.1, 0.15) is 0 Å². The molecule has 0 unspecified atom stereocenters. The molecule has 0 amide bonds. The molecule has 0 saturated carbocycles. The van der Waals surface area contributed by atoms with Crippen LogP contribution in [-0.2, 0) is 27.6 Å². The average Bonchev–Trinajstić information content (AvgIpc) is 2.45. The van der Waals surface area contributed by atoms with Crippen molar-refractivity contribution in [1.82, 2.24) is 0 Å². The number of methoxy groups -OCH3 is 1. The predicted molar refractivity (Wildman–Crippen MR) is 52.9 cm³/mol. The molecule has 0 bridgehead atoms. The molecule has 0 saturated heterocycles. The van der Waals surface area contributed by atoms with Crippen molar-refractivity contribution in [2.24, 2.45) is 0 Å². The number of hydrogen-bond acceptors (Lipinski definition) is 3. The molecule has 76 valence electrons. The summed E-state index contributed by atoms with van der Waals surface area (Å²) in [7, 11) is -1.39. The minimum Gasteiger partial charge on any atom is -0.380 e. The fourth-order valence-electron chi connectivity index (χ4n) is 1.82. The summed E-state index contributed by atoms with van der Waals surface area (Å²) >= 11 is 0.